The van der Waals surface area contributed by atoms with Crippen LogP contribution in [0.25, 0.3) is 0 Å². The molecule has 0 unspecified atom stereocenters. The van der Waals surface area contributed by atoms with Crippen LogP contribution < -0.4 is 10.5 Å². The summed E-state index contributed by atoms with van der Waals surface area (Å²) in [6, 6.07) is 6.77. The second kappa shape index (κ2) is 6.62. The molecule has 2 rings (SSSR count). The van der Waals surface area contributed by atoms with Crippen molar-refractivity contribution in [3.63, 3.8) is 0 Å². The van der Waals surface area contributed by atoms with Gasteiger partial charge in [-0.3, -0.25) is 0 Å². The molecule has 0 aliphatic heterocycles. The first-order valence-corrected chi connectivity index (χ1v) is 8.09. The van der Waals surface area contributed by atoms with Gasteiger partial charge in [-0.1, -0.05) is 38.8 Å². The van der Waals surface area contributed by atoms with E-state index >= 15 is 0 Å². The van der Waals surface area contributed by atoms with Crippen LogP contribution in [0.15, 0.2) is 18.2 Å². The van der Waals surface area contributed by atoms with Gasteiger partial charge in [0, 0.05) is 17.5 Å². The van der Waals surface area contributed by atoms with Crippen LogP contribution in [0.1, 0.15) is 69.4 Å². The van der Waals surface area contributed by atoms with Crippen molar-refractivity contribution in [2.75, 3.05) is 13.7 Å². The highest BCUT2D eigenvalue weighted by atomic mass is 16.5. The molecule has 1 aliphatic rings. The molecule has 1 aromatic carbocycles. The lowest BCUT2D eigenvalue weighted by molar-refractivity contribution is 0.377. The molecule has 0 amide bonds. The Balaban J connectivity index is 2.46. The molecule has 0 bridgehead atoms. The van der Waals surface area contributed by atoms with Crippen LogP contribution in [-0.2, 0) is 5.41 Å². The molecule has 1 fully saturated rings. The standard InChI is InChI=1S/C18H29NO/c1-4-14(5-2)15-8-9-17(20-3)16(12-15)18(13-19)10-6-7-11-18/h8-9,12,14H,4-7,10-11,13,19H2,1-3H3. The van der Waals surface area contributed by atoms with E-state index in [1.54, 1.807) is 7.11 Å². The minimum absolute atomic E-state index is 0.146. The van der Waals surface area contributed by atoms with E-state index in [4.69, 9.17) is 10.5 Å². The fourth-order valence-corrected chi connectivity index (χ4v) is 3.79. The third-order valence-electron chi connectivity index (χ3n) is 5.20. The lowest BCUT2D eigenvalue weighted by Crippen LogP contribution is -2.32. The van der Waals surface area contributed by atoms with E-state index < -0.39 is 0 Å². The lowest BCUT2D eigenvalue weighted by atomic mass is 9.77. The van der Waals surface area contributed by atoms with Crippen molar-refractivity contribution in [1.82, 2.24) is 0 Å². The molecule has 0 heterocycles. The van der Waals surface area contributed by atoms with Crippen molar-refractivity contribution in [3.8, 4) is 5.75 Å². The summed E-state index contributed by atoms with van der Waals surface area (Å²) in [6.07, 6.45) is 7.36. The fraction of sp³-hybridized carbons (Fsp3) is 0.667. The van der Waals surface area contributed by atoms with Crippen LogP contribution in [0.3, 0.4) is 0 Å². The molecule has 0 saturated heterocycles. The minimum atomic E-state index is 0.146. The van der Waals surface area contributed by atoms with Gasteiger partial charge in [0.25, 0.3) is 0 Å². The summed E-state index contributed by atoms with van der Waals surface area (Å²) in [6.45, 7) is 5.27. The number of benzene rings is 1. The molecule has 1 aliphatic carbocycles. The van der Waals surface area contributed by atoms with Crippen molar-refractivity contribution in [2.24, 2.45) is 5.73 Å². The molecule has 2 N–H and O–H groups in total. The van der Waals surface area contributed by atoms with Crippen LogP contribution in [0.5, 0.6) is 5.75 Å². The quantitative estimate of drug-likeness (QED) is 0.836. The van der Waals surface area contributed by atoms with Crippen LogP contribution in [0.2, 0.25) is 0 Å². The first kappa shape index (κ1) is 15.4. The molecule has 1 aromatic rings. The van der Waals surface area contributed by atoms with Crippen LogP contribution in [0, 0.1) is 0 Å². The summed E-state index contributed by atoms with van der Waals surface area (Å²) >= 11 is 0. The van der Waals surface area contributed by atoms with Gasteiger partial charge >= 0.3 is 0 Å². The van der Waals surface area contributed by atoms with Gasteiger partial charge in [-0.25, -0.2) is 0 Å². The first-order chi connectivity index (χ1) is 9.70. The zero-order valence-corrected chi connectivity index (χ0v) is 13.2. The molecular weight excluding hydrogens is 246 g/mol. The van der Waals surface area contributed by atoms with Crippen molar-refractivity contribution < 1.29 is 4.74 Å². The number of methoxy groups -OCH3 is 1. The highest BCUT2D eigenvalue weighted by Gasteiger charge is 2.36. The third-order valence-corrected chi connectivity index (χ3v) is 5.20. The minimum Gasteiger partial charge on any atom is -0.496 e. The molecule has 0 aromatic heterocycles. The molecule has 112 valence electrons. The first-order valence-electron chi connectivity index (χ1n) is 8.09. The van der Waals surface area contributed by atoms with E-state index in [1.807, 2.05) is 0 Å². The van der Waals surface area contributed by atoms with E-state index in [1.165, 1.54) is 49.7 Å². The Bertz CT molecular complexity index is 431. The molecule has 1 saturated carbocycles. The van der Waals surface area contributed by atoms with Gasteiger partial charge in [-0.05, 0) is 43.2 Å². The summed E-state index contributed by atoms with van der Waals surface area (Å²) in [5.74, 6) is 1.67. The van der Waals surface area contributed by atoms with Crippen LogP contribution in [0.4, 0.5) is 0 Å². The maximum atomic E-state index is 6.16. The number of ether oxygens (including phenoxy) is 1. The number of nitrogens with two attached hydrogens (primary N) is 1. The van der Waals surface area contributed by atoms with E-state index in [2.05, 4.69) is 32.0 Å². The Hall–Kier alpha value is -1.02. The highest BCUT2D eigenvalue weighted by molar-refractivity contribution is 5.44. The fourth-order valence-electron chi connectivity index (χ4n) is 3.79. The normalized spacial score (nSPS) is 17.6. The van der Waals surface area contributed by atoms with Gasteiger partial charge in [0.2, 0.25) is 0 Å². The number of hydrogen-bond acceptors (Lipinski definition) is 2. The molecule has 0 spiro atoms. The SMILES string of the molecule is CCC(CC)c1ccc(OC)c(C2(CN)CCCC2)c1. The Morgan fingerprint density at radius 2 is 1.85 bits per heavy atom. The Morgan fingerprint density at radius 1 is 1.20 bits per heavy atom. The summed E-state index contributed by atoms with van der Waals surface area (Å²) in [7, 11) is 1.77. The summed E-state index contributed by atoms with van der Waals surface area (Å²) in [4.78, 5) is 0. The molecule has 2 heteroatoms. The highest BCUT2D eigenvalue weighted by Crippen LogP contribution is 2.45. The molecule has 0 atom stereocenters. The largest absolute Gasteiger partial charge is 0.496 e. The zero-order chi connectivity index (χ0) is 14.6. The monoisotopic (exact) mass is 275 g/mol. The van der Waals surface area contributed by atoms with E-state index in [0.29, 0.717) is 5.92 Å². The Morgan fingerprint density at radius 3 is 2.35 bits per heavy atom. The predicted octanol–water partition coefficient (Wildman–Crippen LogP) is 4.37. The van der Waals surface area contributed by atoms with E-state index in [-0.39, 0.29) is 5.41 Å². The maximum Gasteiger partial charge on any atom is 0.122 e. The number of rotatable bonds is 6. The van der Waals surface area contributed by atoms with E-state index in [9.17, 15) is 0 Å². The van der Waals surface area contributed by atoms with Crippen LogP contribution >= 0.6 is 0 Å². The smallest absolute Gasteiger partial charge is 0.122 e. The third kappa shape index (κ3) is 2.71. The predicted molar refractivity (Wildman–Crippen MR) is 85.5 cm³/mol. The molecular formula is C18H29NO. The second-order valence-electron chi connectivity index (χ2n) is 6.16. The van der Waals surface area contributed by atoms with Gasteiger partial charge in [-0.15, -0.1) is 0 Å². The van der Waals surface area contributed by atoms with E-state index in [0.717, 1.165) is 12.3 Å². The zero-order valence-electron chi connectivity index (χ0n) is 13.2. The van der Waals surface area contributed by atoms with Crippen molar-refractivity contribution in [1.29, 1.82) is 0 Å². The van der Waals surface area contributed by atoms with Crippen molar-refractivity contribution in [2.45, 2.75) is 63.7 Å². The van der Waals surface area contributed by atoms with Crippen molar-refractivity contribution >= 4 is 0 Å². The molecule has 0 radical (unpaired) electrons. The van der Waals surface area contributed by atoms with Crippen LogP contribution in [-0.4, -0.2) is 13.7 Å². The molecule has 2 nitrogen and oxygen atoms in total. The van der Waals surface area contributed by atoms with Gasteiger partial charge < -0.3 is 10.5 Å². The summed E-state index contributed by atoms with van der Waals surface area (Å²) in [5.41, 5.74) is 9.11. The second-order valence-corrected chi connectivity index (χ2v) is 6.16. The Kier molecular flexibility index (Phi) is 5.09. The summed E-state index contributed by atoms with van der Waals surface area (Å²) < 4.78 is 5.63. The van der Waals surface area contributed by atoms with Gasteiger partial charge in [0.1, 0.15) is 5.75 Å². The average Bonchev–Trinajstić information content (AvgIpc) is 2.98. The molecule has 20 heavy (non-hydrogen) atoms. The Labute approximate surface area is 123 Å². The topological polar surface area (TPSA) is 35.2 Å². The van der Waals surface area contributed by atoms with Gasteiger partial charge in [0.15, 0.2) is 0 Å². The number of hydrogen-bond donors (Lipinski definition) is 1. The maximum absolute atomic E-state index is 6.16. The average molecular weight is 275 g/mol. The van der Waals surface area contributed by atoms with Gasteiger partial charge in [-0.2, -0.15) is 0 Å². The lowest BCUT2D eigenvalue weighted by Gasteiger charge is -2.30. The summed E-state index contributed by atoms with van der Waals surface area (Å²) in [5, 5.41) is 0. The van der Waals surface area contributed by atoms with Gasteiger partial charge in [0.05, 0.1) is 7.11 Å². The van der Waals surface area contributed by atoms with Crippen molar-refractivity contribution in [3.05, 3.63) is 29.3 Å².